The van der Waals surface area contributed by atoms with Crippen molar-refractivity contribution in [1.29, 1.82) is 0 Å². The lowest BCUT2D eigenvalue weighted by atomic mass is 10.0. The van der Waals surface area contributed by atoms with Gasteiger partial charge >= 0.3 is 0 Å². The fourth-order valence-corrected chi connectivity index (χ4v) is 2.78. The predicted octanol–water partition coefficient (Wildman–Crippen LogP) is 1.01. The third kappa shape index (κ3) is 2.99. The number of amides is 1. The van der Waals surface area contributed by atoms with Gasteiger partial charge in [-0.05, 0) is 19.8 Å². The first-order chi connectivity index (χ1) is 8.08. The number of carbonyl (C=O) groups excluding carboxylic acids is 1. The van der Waals surface area contributed by atoms with Crippen LogP contribution >= 0.6 is 0 Å². The van der Waals surface area contributed by atoms with Crippen molar-refractivity contribution in [2.24, 2.45) is 5.92 Å². The highest BCUT2D eigenvalue weighted by Crippen LogP contribution is 2.23. The molecule has 2 aliphatic rings. The summed E-state index contributed by atoms with van der Waals surface area (Å²) < 4.78 is 5.55. The summed E-state index contributed by atoms with van der Waals surface area (Å²) in [5.74, 6) is 0.801. The maximum absolute atomic E-state index is 12.2. The van der Waals surface area contributed by atoms with Crippen molar-refractivity contribution in [3.63, 3.8) is 0 Å². The number of nitrogens with zero attached hydrogens (tertiary/aromatic N) is 1. The van der Waals surface area contributed by atoms with Crippen LogP contribution in [-0.2, 0) is 9.53 Å². The molecule has 3 atom stereocenters. The van der Waals surface area contributed by atoms with E-state index in [-0.39, 0.29) is 11.9 Å². The molecule has 2 fully saturated rings. The molecule has 0 aromatic heterocycles. The average Bonchev–Trinajstić information content (AvgIpc) is 2.79. The van der Waals surface area contributed by atoms with E-state index in [1.165, 1.54) is 0 Å². The van der Waals surface area contributed by atoms with Crippen LogP contribution in [0.1, 0.15) is 33.6 Å². The molecule has 2 aliphatic heterocycles. The lowest BCUT2D eigenvalue weighted by molar-refractivity contribution is -0.130. The summed E-state index contributed by atoms with van der Waals surface area (Å²) in [5.41, 5.74) is 0. The van der Waals surface area contributed by atoms with E-state index >= 15 is 0 Å². The molecule has 0 aliphatic carbocycles. The minimum absolute atomic E-state index is 0.0348. The molecule has 4 nitrogen and oxygen atoms in total. The van der Waals surface area contributed by atoms with E-state index in [4.69, 9.17) is 4.74 Å². The zero-order chi connectivity index (χ0) is 12.4. The average molecular weight is 240 g/mol. The molecule has 2 rings (SSSR count). The molecule has 2 heterocycles. The molecule has 0 spiro atoms. The van der Waals surface area contributed by atoms with E-state index in [9.17, 15) is 4.79 Å². The molecule has 4 heteroatoms. The number of nitrogens with one attached hydrogen (secondary N) is 1. The summed E-state index contributed by atoms with van der Waals surface area (Å²) in [6.45, 7) is 8.90. The Labute approximate surface area is 104 Å². The first-order valence-electron chi connectivity index (χ1n) is 6.74. The molecule has 17 heavy (non-hydrogen) atoms. The first kappa shape index (κ1) is 12.8. The Morgan fingerprint density at radius 2 is 2.24 bits per heavy atom. The molecule has 2 saturated heterocycles. The van der Waals surface area contributed by atoms with E-state index in [2.05, 4.69) is 26.1 Å². The standard InChI is InChI=1S/C13H24N2O2/c1-9(2)14-12-4-6-15(13(12)16)8-11-5-7-17-10(11)3/h9-12,14H,4-8H2,1-3H3. The molecule has 0 aromatic carbocycles. The van der Waals surface area contributed by atoms with Crippen LogP contribution in [0.4, 0.5) is 0 Å². The Balaban J connectivity index is 1.85. The second-order valence-corrected chi connectivity index (χ2v) is 5.57. The van der Waals surface area contributed by atoms with Crippen LogP contribution in [0.15, 0.2) is 0 Å². The van der Waals surface area contributed by atoms with Gasteiger partial charge in [-0.3, -0.25) is 4.79 Å². The number of ether oxygens (including phenoxy) is 1. The maximum Gasteiger partial charge on any atom is 0.239 e. The van der Waals surface area contributed by atoms with Crippen LogP contribution in [0, 0.1) is 5.92 Å². The van der Waals surface area contributed by atoms with Crippen LogP contribution in [0.2, 0.25) is 0 Å². The molecule has 98 valence electrons. The van der Waals surface area contributed by atoms with Gasteiger partial charge in [0.1, 0.15) is 0 Å². The summed E-state index contributed by atoms with van der Waals surface area (Å²) in [7, 11) is 0. The lowest BCUT2D eigenvalue weighted by Gasteiger charge is -2.23. The minimum Gasteiger partial charge on any atom is -0.378 e. The second kappa shape index (κ2) is 5.36. The molecule has 1 amide bonds. The topological polar surface area (TPSA) is 41.6 Å². The van der Waals surface area contributed by atoms with Crippen LogP contribution in [0.5, 0.6) is 0 Å². The zero-order valence-corrected chi connectivity index (χ0v) is 11.1. The summed E-state index contributed by atoms with van der Waals surface area (Å²) in [4.78, 5) is 14.2. The highest BCUT2D eigenvalue weighted by Gasteiger charge is 2.35. The van der Waals surface area contributed by atoms with Crippen molar-refractivity contribution >= 4 is 5.91 Å². The van der Waals surface area contributed by atoms with Crippen molar-refractivity contribution in [3.05, 3.63) is 0 Å². The number of rotatable bonds is 4. The van der Waals surface area contributed by atoms with Crippen LogP contribution in [-0.4, -0.2) is 48.7 Å². The number of carbonyl (C=O) groups is 1. The van der Waals surface area contributed by atoms with Gasteiger partial charge < -0.3 is 15.0 Å². The van der Waals surface area contributed by atoms with E-state index in [0.29, 0.717) is 18.1 Å². The molecular weight excluding hydrogens is 216 g/mol. The van der Waals surface area contributed by atoms with E-state index < -0.39 is 0 Å². The molecule has 0 saturated carbocycles. The Morgan fingerprint density at radius 1 is 1.47 bits per heavy atom. The quantitative estimate of drug-likeness (QED) is 0.797. The molecule has 3 unspecified atom stereocenters. The Morgan fingerprint density at radius 3 is 2.82 bits per heavy atom. The minimum atomic E-state index is 0.0348. The van der Waals surface area contributed by atoms with Gasteiger partial charge in [0.25, 0.3) is 0 Å². The molecule has 0 radical (unpaired) electrons. The van der Waals surface area contributed by atoms with Crippen LogP contribution in [0.25, 0.3) is 0 Å². The first-order valence-corrected chi connectivity index (χ1v) is 6.74. The largest absolute Gasteiger partial charge is 0.378 e. The summed E-state index contributed by atoms with van der Waals surface area (Å²) in [6.07, 6.45) is 2.34. The summed E-state index contributed by atoms with van der Waals surface area (Å²) in [6, 6.07) is 0.408. The Bertz CT molecular complexity index is 281. The van der Waals surface area contributed by atoms with Gasteiger partial charge in [0.05, 0.1) is 12.1 Å². The Kier molecular flexibility index (Phi) is 4.05. The fourth-order valence-electron chi connectivity index (χ4n) is 2.78. The van der Waals surface area contributed by atoms with Gasteiger partial charge in [0, 0.05) is 31.7 Å². The van der Waals surface area contributed by atoms with Gasteiger partial charge in [0.2, 0.25) is 5.91 Å². The zero-order valence-electron chi connectivity index (χ0n) is 11.1. The highest BCUT2D eigenvalue weighted by atomic mass is 16.5. The van der Waals surface area contributed by atoms with Gasteiger partial charge in [-0.1, -0.05) is 13.8 Å². The smallest absolute Gasteiger partial charge is 0.239 e. The second-order valence-electron chi connectivity index (χ2n) is 5.57. The van der Waals surface area contributed by atoms with Crippen molar-refractivity contribution in [2.45, 2.75) is 51.8 Å². The third-order valence-electron chi connectivity index (χ3n) is 3.82. The number of hydrogen-bond donors (Lipinski definition) is 1. The maximum atomic E-state index is 12.2. The summed E-state index contributed by atoms with van der Waals surface area (Å²) >= 11 is 0. The van der Waals surface area contributed by atoms with Crippen molar-refractivity contribution < 1.29 is 9.53 Å². The van der Waals surface area contributed by atoms with Gasteiger partial charge in [-0.2, -0.15) is 0 Å². The van der Waals surface area contributed by atoms with Crippen molar-refractivity contribution in [2.75, 3.05) is 19.7 Å². The van der Waals surface area contributed by atoms with E-state index in [1.54, 1.807) is 0 Å². The van der Waals surface area contributed by atoms with Crippen LogP contribution in [0.3, 0.4) is 0 Å². The van der Waals surface area contributed by atoms with Crippen LogP contribution < -0.4 is 5.32 Å². The van der Waals surface area contributed by atoms with Crippen molar-refractivity contribution in [1.82, 2.24) is 10.2 Å². The SMILES string of the molecule is CC(C)NC1CCN(CC2CCOC2C)C1=O. The van der Waals surface area contributed by atoms with Gasteiger partial charge in [-0.15, -0.1) is 0 Å². The number of hydrogen-bond acceptors (Lipinski definition) is 3. The summed E-state index contributed by atoms with van der Waals surface area (Å²) in [5, 5.41) is 3.34. The van der Waals surface area contributed by atoms with Gasteiger partial charge in [-0.25, -0.2) is 0 Å². The van der Waals surface area contributed by atoms with E-state index in [1.807, 2.05) is 4.90 Å². The third-order valence-corrected chi connectivity index (χ3v) is 3.82. The molecule has 0 aromatic rings. The highest BCUT2D eigenvalue weighted by molar-refractivity contribution is 5.84. The fraction of sp³-hybridized carbons (Fsp3) is 0.923. The molecule has 0 bridgehead atoms. The van der Waals surface area contributed by atoms with Gasteiger partial charge in [0.15, 0.2) is 0 Å². The lowest BCUT2D eigenvalue weighted by Crippen LogP contribution is -2.43. The monoisotopic (exact) mass is 240 g/mol. The molecular formula is C13H24N2O2. The van der Waals surface area contributed by atoms with E-state index in [0.717, 1.165) is 32.5 Å². The number of likely N-dealkylation sites (tertiary alicyclic amines) is 1. The van der Waals surface area contributed by atoms with Crippen molar-refractivity contribution in [3.8, 4) is 0 Å². The molecule has 1 N–H and O–H groups in total. The Hall–Kier alpha value is -0.610. The predicted molar refractivity (Wildman–Crippen MR) is 66.8 cm³/mol. The normalized spacial score (nSPS) is 34.0.